The van der Waals surface area contributed by atoms with Crippen molar-refractivity contribution in [1.29, 1.82) is 5.26 Å². The number of nitriles is 1. The Morgan fingerprint density at radius 2 is 1.80 bits per heavy atom. The van der Waals surface area contributed by atoms with Gasteiger partial charge in [0.05, 0.1) is 27.4 Å². The lowest BCUT2D eigenvalue weighted by molar-refractivity contribution is 0.0944. The van der Waals surface area contributed by atoms with E-state index < -0.39 is 6.04 Å². The molecule has 0 aliphatic rings. The summed E-state index contributed by atoms with van der Waals surface area (Å²) in [6.07, 6.45) is 0.534. The molecule has 6 heteroatoms. The highest BCUT2D eigenvalue weighted by Crippen LogP contribution is 2.38. The first-order valence-electron chi connectivity index (χ1n) is 6.11. The third kappa shape index (κ3) is 3.32. The molecule has 1 amide bonds. The van der Waals surface area contributed by atoms with Gasteiger partial charge < -0.3 is 19.5 Å². The van der Waals surface area contributed by atoms with E-state index >= 15 is 0 Å². The number of ether oxygens (including phenoxy) is 3. The highest BCUT2D eigenvalue weighted by molar-refractivity contribution is 5.96. The summed E-state index contributed by atoms with van der Waals surface area (Å²) in [6, 6.07) is 4.57. The Morgan fingerprint density at radius 1 is 1.25 bits per heavy atom. The maximum atomic E-state index is 12.1. The van der Waals surface area contributed by atoms with E-state index in [0.29, 0.717) is 29.2 Å². The number of nitrogens with zero attached hydrogens (tertiary/aromatic N) is 1. The Labute approximate surface area is 118 Å². The van der Waals surface area contributed by atoms with Crippen molar-refractivity contribution >= 4 is 5.91 Å². The van der Waals surface area contributed by atoms with Gasteiger partial charge >= 0.3 is 0 Å². The molecule has 0 saturated carbocycles. The average Bonchev–Trinajstić information content (AvgIpc) is 2.50. The van der Waals surface area contributed by atoms with Gasteiger partial charge in [-0.2, -0.15) is 5.26 Å². The van der Waals surface area contributed by atoms with Gasteiger partial charge in [-0.15, -0.1) is 0 Å². The molecule has 0 radical (unpaired) electrons. The van der Waals surface area contributed by atoms with Crippen molar-refractivity contribution in [3.05, 3.63) is 17.7 Å². The van der Waals surface area contributed by atoms with Crippen molar-refractivity contribution in [2.45, 2.75) is 19.4 Å². The molecule has 0 heterocycles. The first kappa shape index (κ1) is 15.6. The van der Waals surface area contributed by atoms with Crippen LogP contribution in [0, 0.1) is 11.3 Å². The summed E-state index contributed by atoms with van der Waals surface area (Å²) in [5.41, 5.74) is 0.341. The summed E-state index contributed by atoms with van der Waals surface area (Å²) < 4.78 is 15.5. The zero-order valence-corrected chi connectivity index (χ0v) is 12.0. The molecule has 0 aliphatic heterocycles. The molecule has 6 nitrogen and oxygen atoms in total. The van der Waals surface area contributed by atoms with Gasteiger partial charge in [-0.25, -0.2) is 0 Å². The Hall–Kier alpha value is -2.42. The van der Waals surface area contributed by atoms with E-state index in [1.54, 1.807) is 12.1 Å². The topological polar surface area (TPSA) is 80.6 Å². The third-order valence-corrected chi connectivity index (χ3v) is 2.80. The minimum Gasteiger partial charge on any atom is -0.493 e. The second-order valence-electron chi connectivity index (χ2n) is 3.98. The molecule has 0 spiro atoms. The Balaban J connectivity index is 3.13. The molecular weight excluding hydrogens is 260 g/mol. The van der Waals surface area contributed by atoms with E-state index in [2.05, 4.69) is 5.32 Å². The maximum Gasteiger partial charge on any atom is 0.252 e. The first-order valence-corrected chi connectivity index (χ1v) is 6.11. The fourth-order valence-electron chi connectivity index (χ4n) is 1.68. The second kappa shape index (κ2) is 7.24. The normalized spacial score (nSPS) is 11.2. The van der Waals surface area contributed by atoms with E-state index in [4.69, 9.17) is 19.5 Å². The van der Waals surface area contributed by atoms with Gasteiger partial charge in [0.25, 0.3) is 5.91 Å². The molecule has 20 heavy (non-hydrogen) atoms. The van der Waals surface area contributed by atoms with Gasteiger partial charge in [-0.05, 0) is 18.6 Å². The van der Waals surface area contributed by atoms with Crippen LogP contribution in [-0.2, 0) is 0 Å². The van der Waals surface area contributed by atoms with Gasteiger partial charge in [-0.1, -0.05) is 6.92 Å². The van der Waals surface area contributed by atoms with Crippen LogP contribution in [0.1, 0.15) is 23.7 Å². The molecule has 0 fully saturated rings. The number of rotatable bonds is 6. The van der Waals surface area contributed by atoms with Crippen LogP contribution < -0.4 is 19.5 Å². The van der Waals surface area contributed by atoms with Crippen LogP contribution in [0.25, 0.3) is 0 Å². The third-order valence-electron chi connectivity index (χ3n) is 2.80. The van der Waals surface area contributed by atoms with Crippen molar-refractivity contribution in [2.75, 3.05) is 21.3 Å². The van der Waals surface area contributed by atoms with Crippen LogP contribution in [0.3, 0.4) is 0 Å². The first-order chi connectivity index (χ1) is 9.60. The second-order valence-corrected chi connectivity index (χ2v) is 3.98. The van der Waals surface area contributed by atoms with Crippen LogP contribution in [0.15, 0.2) is 12.1 Å². The van der Waals surface area contributed by atoms with Crippen LogP contribution in [0.2, 0.25) is 0 Å². The number of amides is 1. The Morgan fingerprint density at radius 3 is 2.15 bits per heavy atom. The minimum atomic E-state index is -0.526. The molecule has 108 valence electrons. The van der Waals surface area contributed by atoms with Gasteiger partial charge in [0.2, 0.25) is 5.75 Å². The smallest absolute Gasteiger partial charge is 0.252 e. The summed E-state index contributed by atoms with van der Waals surface area (Å²) in [4.78, 5) is 12.1. The Bertz CT molecular complexity index is 497. The molecule has 0 bridgehead atoms. The number of methoxy groups -OCH3 is 3. The fourth-order valence-corrected chi connectivity index (χ4v) is 1.68. The predicted molar refractivity (Wildman–Crippen MR) is 73.3 cm³/mol. The molecular formula is C14H18N2O4. The molecule has 1 aromatic carbocycles. The van der Waals surface area contributed by atoms with Crippen molar-refractivity contribution in [3.63, 3.8) is 0 Å². The molecule has 0 aromatic heterocycles. The van der Waals surface area contributed by atoms with Gasteiger partial charge in [0.1, 0.15) is 6.04 Å². The Kier molecular flexibility index (Phi) is 5.66. The zero-order valence-electron chi connectivity index (χ0n) is 12.0. The van der Waals surface area contributed by atoms with E-state index in [1.807, 2.05) is 13.0 Å². The molecule has 1 aromatic rings. The molecule has 1 N–H and O–H groups in total. The van der Waals surface area contributed by atoms with Crippen LogP contribution in [0.5, 0.6) is 17.2 Å². The van der Waals surface area contributed by atoms with E-state index in [0.717, 1.165) is 0 Å². The van der Waals surface area contributed by atoms with Gasteiger partial charge in [0, 0.05) is 5.56 Å². The summed E-state index contributed by atoms with van der Waals surface area (Å²) in [5, 5.41) is 11.5. The number of hydrogen-bond acceptors (Lipinski definition) is 5. The van der Waals surface area contributed by atoms with Crippen molar-refractivity contribution < 1.29 is 19.0 Å². The van der Waals surface area contributed by atoms with Crippen LogP contribution in [-0.4, -0.2) is 33.3 Å². The molecule has 0 aliphatic carbocycles. The van der Waals surface area contributed by atoms with Crippen LogP contribution in [0.4, 0.5) is 0 Å². The number of carbonyl (C=O) groups excluding carboxylic acids is 1. The predicted octanol–water partition coefficient (Wildman–Crippen LogP) is 1.74. The quantitative estimate of drug-likeness (QED) is 0.857. The van der Waals surface area contributed by atoms with E-state index in [9.17, 15) is 4.79 Å². The van der Waals surface area contributed by atoms with Crippen molar-refractivity contribution in [2.24, 2.45) is 0 Å². The van der Waals surface area contributed by atoms with E-state index in [-0.39, 0.29) is 5.91 Å². The lowest BCUT2D eigenvalue weighted by atomic mass is 10.1. The number of carbonyl (C=O) groups is 1. The summed E-state index contributed by atoms with van der Waals surface area (Å²) in [5.74, 6) is 0.834. The minimum absolute atomic E-state index is 0.341. The number of hydrogen-bond donors (Lipinski definition) is 1. The lowest BCUT2D eigenvalue weighted by Gasteiger charge is -2.15. The number of nitrogens with one attached hydrogen (secondary N) is 1. The maximum absolute atomic E-state index is 12.1. The summed E-state index contributed by atoms with van der Waals surface area (Å²) in [7, 11) is 4.44. The standard InChI is InChI=1S/C14H18N2O4/c1-5-10(8-15)16-14(17)9-6-11(18-2)13(20-4)12(7-9)19-3/h6-7,10H,5H2,1-4H3,(H,16,17). The fraction of sp³-hybridized carbons (Fsp3) is 0.429. The lowest BCUT2D eigenvalue weighted by Crippen LogP contribution is -2.33. The SMILES string of the molecule is CCC(C#N)NC(=O)c1cc(OC)c(OC)c(OC)c1. The van der Waals surface area contributed by atoms with Crippen molar-refractivity contribution in [3.8, 4) is 23.3 Å². The highest BCUT2D eigenvalue weighted by Gasteiger charge is 2.18. The molecule has 1 atom stereocenters. The molecule has 1 unspecified atom stereocenters. The van der Waals surface area contributed by atoms with Gasteiger partial charge in [-0.3, -0.25) is 4.79 Å². The van der Waals surface area contributed by atoms with Crippen LogP contribution >= 0.6 is 0 Å². The van der Waals surface area contributed by atoms with E-state index in [1.165, 1.54) is 21.3 Å². The van der Waals surface area contributed by atoms with Crippen molar-refractivity contribution in [1.82, 2.24) is 5.32 Å². The molecule has 1 rings (SSSR count). The highest BCUT2D eigenvalue weighted by atomic mass is 16.5. The zero-order chi connectivity index (χ0) is 15.1. The largest absolute Gasteiger partial charge is 0.493 e. The molecule has 0 saturated heterocycles. The monoisotopic (exact) mass is 278 g/mol. The summed E-state index contributed by atoms with van der Waals surface area (Å²) >= 11 is 0. The summed E-state index contributed by atoms with van der Waals surface area (Å²) in [6.45, 7) is 1.82. The number of benzene rings is 1. The average molecular weight is 278 g/mol. The van der Waals surface area contributed by atoms with Gasteiger partial charge in [0.15, 0.2) is 11.5 Å².